The molecule has 3 nitrogen and oxygen atoms in total. The number of halogens is 3. The van der Waals surface area contributed by atoms with Crippen molar-refractivity contribution in [3.63, 3.8) is 0 Å². The average molecular weight is 241 g/mol. The zero-order valence-electron chi connectivity index (χ0n) is 9.07. The Labute approximate surface area is 95.9 Å². The molecule has 0 atom stereocenters. The highest BCUT2D eigenvalue weighted by Crippen LogP contribution is 2.27. The molecule has 0 spiro atoms. The van der Waals surface area contributed by atoms with Crippen molar-refractivity contribution in [2.45, 2.75) is 12.6 Å². The summed E-state index contributed by atoms with van der Waals surface area (Å²) in [5.41, 5.74) is 0.881. The van der Waals surface area contributed by atoms with Crippen LogP contribution in [0.3, 0.4) is 0 Å². The molecule has 0 N–H and O–H groups in total. The van der Waals surface area contributed by atoms with Crippen molar-refractivity contribution in [1.29, 1.82) is 0 Å². The Morgan fingerprint density at radius 1 is 1.18 bits per heavy atom. The summed E-state index contributed by atoms with van der Waals surface area (Å²) in [6.45, 7) is 0. The molecule has 0 saturated heterocycles. The molecule has 2 rings (SSSR count). The first-order chi connectivity index (χ1) is 7.97. The minimum atomic E-state index is -4.46. The standard InChI is InChI=1S/C11H10F3N3/c1-17-10(11(12,13)14)15-9(16-17)7-8-5-3-2-4-6-8/h2-6H,7H2,1H3. The number of aryl methyl sites for hydroxylation is 1. The third-order valence-electron chi connectivity index (χ3n) is 2.27. The summed E-state index contributed by atoms with van der Waals surface area (Å²) < 4.78 is 38.2. The Morgan fingerprint density at radius 3 is 2.35 bits per heavy atom. The summed E-state index contributed by atoms with van der Waals surface area (Å²) in [6.07, 6.45) is -4.17. The van der Waals surface area contributed by atoms with Gasteiger partial charge < -0.3 is 0 Å². The second-order valence-electron chi connectivity index (χ2n) is 3.64. The maximum Gasteiger partial charge on any atom is 0.451 e. The van der Waals surface area contributed by atoms with Crippen molar-refractivity contribution in [2.24, 2.45) is 7.05 Å². The van der Waals surface area contributed by atoms with Gasteiger partial charge in [-0.1, -0.05) is 30.3 Å². The van der Waals surface area contributed by atoms with E-state index >= 15 is 0 Å². The molecule has 2 aromatic rings. The Hall–Kier alpha value is -1.85. The quantitative estimate of drug-likeness (QED) is 0.808. The predicted octanol–water partition coefficient (Wildman–Crippen LogP) is 2.42. The number of hydrogen-bond acceptors (Lipinski definition) is 2. The lowest BCUT2D eigenvalue weighted by molar-refractivity contribution is -0.147. The van der Waals surface area contributed by atoms with Gasteiger partial charge in [0.2, 0.25) is 5.82 Å². The van der Waals surface area contributed by atoms with E-state index in [-0.39, 0.29) is 5.82 Å². The molecule has 0 amide bonds. The van der Waals surface area contributed by atoms with Gasteiger partial charge in [0.15, 0.2) is 5.82 Å². The fourth-order valence-corrected chi connectivity index (χ4v) is 1.54. The van der Waals surface area contributed by atoms with Crippen LogP contribution in [0.15, 0.2) is 30.3 Å². The van der Waals surface area contributed by atoms with Gasteiger partial charge in [-0.25, -0.2) is 9.67 Å². The summed E-state index contributed by atoms with van der Waals surface area (Å²) in [7, 11) is 1.24. The van der Waals surface area contributed by atoms with Gasteiger partial charge in [0.25, 0.3) is 0 Å². The summed E-state index contributed by atoms with van der Waals surface area (Å²) in [6, 6.07) is 9.13. The molecule has 0 aliphatic rings. The predicted molar refractivity (Wildman–Crippen MR) is 55.3 cm³/mol. The molecular weight excluding hydrogens is 231 g/mol. The molecule has 90 valence electrons. The van der Waals surface area contributed by atoms with E-state index < -0.39 is 12.0 Å². The third kappa shape index (κ3) is 2.64. The highest BCUT2D eigenvalue weighted by Gasteiger charge is 2.37. The Balaban J connectivity index is 2.24. The molecule has 0 radical (unpaired) electrons. The molecule has 0 aliphatic carbocycles. The number of aromatic nitrogens is 3. The smallest absolute Gasteiger partial charge is 0.245 e. The van der Waals surface area contributed by atoms with Crippen LogP contribution in [-0.4, -0.2) is 14.8 Å². The molecular formula is C11H10F3N3. The first-order valence-electron chi connectivity index (χ1n) is 4.98. The average Bonchev–Trinajstić information content (AvgIpc) is 2.60. The number of alkyl halides is 3. The van der Waals surface area contributed by atoms with Crippen LogP contribution in [0.5, 0.6) is 0 Å². The Kier molecular flexibility index (Phi) is 2.87. The van der Waals surface area contributed by atoms with Crippen molar-refractivity contribution in [3.05, 3.63) is 47.5 Å². The maximum atomic E-state index is 12.5. The second kappa shape index (κ2) is 4.20. The van der Waals surface area contributed by atoms with Crippen molar-refractivity contribution < 1.29 is 13.2 Å². The van der Waals surface area contributed by atoms with Gasteiger partial charge in [0.1, 0.15) is 0 Å². The SMILES string of the molecule is Cn1nc(Cc2ccccc2)nc1C(F)(F)F. The van der Waals surface area contributed by atoms with Crippen molar-refractivity contribution >= 4 is 0 Å². The van der Waals surface area contributed by atoms with Crippen LogP contribution in [0.2, 0.25) is 0 Å². The lowest BCUT2D eigenvalue weighted by atomic mass is 10.1. The number of hydrogen-bond donors (Lipinski definition) is 0. The topological polar surface area (TPSA) is 30.7 Å². The first kappa shape index (κ1) is 11.6. The number of nitrogens with zero attached hydrogens (tertiary/aromatic N) is 3. The number of benzene rings is 1. The lowest BCUT2D eigenvalue weighted by Crippen LogP contribution is -2.13. The van der Waals surface area contributed by atoms with Gasteiger partial charge in [-0.2, -0.15) is 18.3 Å². The summed E-state index contributed by atoms with van der Waals surface area (Å²) in [5.74, 6) is -0.797. The minimum Gasteiger partial charge on any atom is -0.245 e. The zero-order valence-corrected chi connectivity index (χ0v) is 9.07. The van der Waals surface area contributed by atoms with E-state index in [0.29, 0.717) is 6.42 Å². The van der Waals surface area contributed by atoms with Gasteiger partial charge in [0, 0.05) is 13.5 Å². The first-order valence-corrected chi connectivity index (χ1v) is 4.98. The molecule has 0 bridgehead atoms. The Morgan fingerprint density at radius 2 is 1.82 bits per heavy atom. The highest BCUT2D eigenvalue weighted by atomic mass is 19.4. The van der Waals surface area contributed by atoms with Gasteiger partial charge in [0.05, 0.1) is 0 Å². The van der Waals surface area contributed by atoms with Crippen LogP contribution in [0.4, 0.5) is 13.2 Å². The molecule has 17 heavy (non-hydrogen) atoms. The number of rotatable bonds is 2. The van der Waals surface area contributed by atoms with E-state index in [0.717, 1.165) is 10.2 Å². The zero-order chi connectivity index (χ0) is 12.5. The molecule has 0 aliphatic heterocycles. The molecule has 1 aromatic carbocycles. The van der Waals surface area contributed by atoms with Gasteiger partial charge >= 0.3 is 6.18 Å². The van der Waals surface area contributed by atoms with E-state index in [9.17, 15) is 13.2 Å². The molecule has 1 heterocycles. The van der Waals surface area contributed by atoms with Crippen LogP contribution in [0, 0.1) is 0 Å². The fraction of sp³-hybridized carbons (Fsp3) is 0.273. The van der Waals surface area contributed by atoms with E-state index in [2.05, 4.69) is 10.1 Å². The normalized spacial score (nSPS) is 11.8. The molecule has 6 heteroatoms. The van der Waals surface area contributed by atoms with Crippen LogP contribution in [-0.2, 0) is 19.6 Å². The van der Waals surface area contributed by atoms with Gasteiger partial charge in [-0.3, -0.25) is 0 Å². The van der Waals surface area contributed by atoms with Gasteiger partial charge in [-0.05, 0) is 5.56 Å². The molecule has 0 saturated carbocycles. The molecule has 1 aromatic heterocycles. The molecule has 0 unspecified atom stereocenters. The van der Waals surface area contributed by atoms with E-state index in [1.165, 1.54) is 7.05 Å². The lowest BCUT2D eigenvalue weighted by Gasteiger charge is -2.02. The Bertz CT molecular complexity index is 502. The van der Waals surface area contributed by atoms with E-state index in [1.807, 2.05) is 30.3 Å². The second-order valence-corrected chi connectivity index (χ2v) is 3.64. The summed E-state index contributed by atoms with van der Waals surface area (Å²) >= 11 is 0. The molecule has 0 fully saturated rings. The van der Waals surface area contributed by atoms with E-state index in [4.69, 9.17) is 0 Å². The highest BCUT2D eigenvalue weighted by molar-refractivity contribution is 5.18. The van der Waals surface area contributed by atoms with Gasteiger partial charge in [-0.15, -0.1) is 0 Å². The van der Waals surface area contributed by atoms with Crippen molar-refractivity contribution in [3.8, 4) is 0 Å². The summed E-state index contributed by atoms with van der Waals surface area (Å²) in [5, 5.41) is 3.76. The van der Waals surface area contributed by atoms with E-state index in [1.54, 1.807) is 0 Å². The van der Waals surface area contributed by atoms with Crippen LogP contribution >= 0.6 is 0 Å². The monoisotopic (exact) mass is 241 g/mol. The van der Waals surface area contributed by atoms with Crippen LogP contribution < -0.4 is 0 Å². The fourth-order valence-electron chi connectivity index (χ4n) is 1.54. The third-order valence-corrected chi connectivity index (χ3v) is 2.27. The van der Waals surface area contributed by atoms with Crippen LogP contribution in [0.25, 0.3) is 0 Å². The van der Waals surface area contributed by atoms with Crippen LogP contribution in [0.1, 0.15) is 17.2 Å². The van der Waals surface area contributed by atoms with Crippen molar-refractivity contribution in [2.75, 3.05) is 0 Å². The van der Waals surface area contributed by atoms with Crippen molar-refractivity contribution in [1.82, 2.24) is 14.8 Å². The minimum absolute atomic E-state index is 0.172. The summed E-state index contributed by atoms with van der Waals surface area (Å²) in [4.78, 5) is 3.50. The largest absolute Gasteiger partial charge is 0.451 e. The maximum absolute atomic E-state index is 12.5.